The number of likely N-dealkylation sites (N-methyl/N-ethyl adjacent to an activating group) is 1. The summed E-state index contributed by atoms with van der Waals surface area (Å²) in [6, 6.07) is 6.21. The molecule has 4 nitrogen and oxygen atoms in total. The van der Waals surface area contributed by atoms with E-state index in [1.165, 1.54) is 5.56 Å². The van der Waals surface area contributed by atoms with Crippen molar-refractivity contribution in [1.82, 2.24) is 15.2 Å². The van der Waals surface area contributed by atoms with Gasteiger partial charge in [-0.25, -0.2) is 0 Å². The Hall–Kier alpha value is -1.52. The maximum Gasteiger partial charge on any atom is 0.239 e. The highest BCUT2D eigenvalue weighted by molar-refractivity contribution is 6.31. The normalized spacial score (nSPS) is 11.2. The minimum Gasteiger partial charge on any atom is -0.358 e. The Labute approximate surface area is 124 Å². The second kappa shape index (κ2) is 6.29. The first kappa shape index (κ1) is 14.9. The van der Waals surface area contributed by atoms with Crippen LogP contribution in [-0.4, -0.2) is 23.6 Å². The summed E-state index contributed by atoms with van der Waals surface area (Å²) < 4.78 is 1.94. The lowest BCUT2D eigenvalue weighted by Crippen LogP contribution is -2.23. The molecule has 0 atom stereocenters. The van der Waals surface area contributed by atoms with Crippen LogP contribution in [0.3, 0.4) is 0 Å². The molecule has 2 aromatic rings. The molecular formula is C15H20ClN3O. The number of benzene rings is 1. The number of hydrogen-bond donors (Lipinski definition) is 2. The number of hydrogen-bond acceptors (Lipinski definition) is 2. The molecule has 108 valence electrons. The lowest BCUT2D eigenvalue weighted by atomic mass is 10.1. The van der Waals surface area contributed by atoms with Crippen LogP contribution in [0, 0.1) is 0 Å². The summed E-state index contributed by atoms with van der Waals surface area (Å²) in [5, 5.41) is 7.86. The second-order valence-corrected chi connectivity index (χ2v) is 5.59. The van der Waals surface area contributed by atoms with Gasteiger partial charge in [0.2, 0.25) is 5.91 Å². The topological polar surface area (TPSA) is 46.1 Å². The summed E-state index contributed by atoms with van der Waals surface area (Å²) in [6.07, 6.45) is 2.02. The van der Waals surface area contributed by atoms with E-state index in [0.29, 0.717) is 17.6 Å². The molecule has 2 rings (SSSR count). The molecule has 5 heteroatoms. The van der Waals surface area contributed by atoms with Gasteiger partial charge in [0.1, 0.15) is 6.54 Å². The van der Waals surface area contributed by atoms with Crippen molar-refractivity contribution in [2.24, 2.45) is 0 Å². The fraction of sp³-hybridized carbons (Fsp3) is 0.400. The zero-order valence-corrected chi connectivity index (χ0v) is 12.8. The van der Waals surface area contributed by atoms with Gasteiger partial charge in [-0.15, -0.1) is 0 Å². The van der Waals surface area contributed by atoms with Gasteiger partial charge in [0.05, 0.1) is 5.52 Å². The zero-order chi connectivity index (χ0) is 14.7. The van der Waals surface area contributed by atoms with Crippen LogP contribution in [0.2, 0.25) is 5.02 Å². The lowest BCUT2D eigenvalue weighted by Gasteiger charge is -2.06. The first-order chi connectivity index (χ1) is 9.51. The van der Waals surface area contributed by atoms with Crippen LogP contribution < -0.4 is 10.6 Å². The maximum absolute atomic E-state index is 11.6. The van der Waals surface area contributed by atoms with Crippen LogP contribution in [0.1, 0.15) is 19.4 Å². The number of amides is 1. The third-order valence-corrected chi connectivity index (χ3v) is 3.46. The molecule has 0 aliphatic heterocycles. The predicted molar refractivity (Wildman–Crippen MR) is 83.0 cm³/mol. The molecule has 1 amide bonds. The van der Waals surface area contributed by atoms with E-state index in [9.17, 15) is 4.79 Å². The molecule has 0 spiro atoms. The largest absolute Gasteiger partial charge is 0.358 e. The van der Waals surface area contributed by atoms with Gasteiger partial charge < -0.3 is 15.2 Å². The van der Waals surface area contributed by atoms with Gasteiger partial charge in [-0.1, -0.05) is 31.5 Å². The van der Waals surface area contributed by atoms with Crippen LogP contribution >= 0.6 is 11.6 Å². The van der Waals surface area contributed by atoms with Gasteiger partial charge in [-0.2, -0.15) is 0 Å². The molecule has 20 heavy (non-hydrogen) atoms. The highest BCUT2D eigenvalue weighted by atomic mass is 35.5. The van der Waals surface area contributed by atoms with Gasteiger partial charge >= 0.3 is 0 Å². The smallest absolute Gasteiger partial charge is 0.239 e. The number of aromatic nitrogens is 1. The Bertz CT molecular complexity index is 619. The van der Waals surface area contributed by atoms with E-state index >= 15 is 0 Å². The molecule has 0 fully saturated rings. The van der Waals surface area contributed by atoms with Crippen molar-refractivity contribution in [3.63, 3.8) is 0 Å². The standard InChI is InChI=1S/C15H20ClN3O/c1-10(2)18-7-11-8-19(9-15(20)17-3)14-6-12(16)4-5-13(11)14/h4-6,8,10,18H,7,9H2,1-3H3,(H,17,20). The van der Waals surface area contributed by atoms with Crippen LogP contribution in [0.5, 0.6) is 0 Å². The monoisotopic (exact) mass is 293 g/mol. The summed E-state index contributed by atoms with van der Waals surface area (Å²) in [6.45, 7) is 5.30. The van der Waals surface area contributed by atoms with Crippen LogP contribution in [-0.2, 0) is 17.9 Å². The van der Waals surface area contributed by atoms with Crippen molar-refractivity contribution < 1.29 is 4.79 Å². The summed E-state index contributed by atoms with van der Waals surface area (Å²) in [5.74, 6) is -0.0229. The van der Waals surface area contributed by atoms with Crippen molar-refractivity contribution in [3.8, 4) is 0 Å². The second-order valence-electron chi connectivity index (χ2n) is 5.15. The molecule has 0 saturated heterocycles. The fourth-order valence-electron chi connectivity index (χ4n) is 2.16. The summed E-state index contributed by atoms with van der Waals surface area (Å²) >= 11 is 6.07. The Kier molecular flexibility index (Phi) is 4.68. The minimum atomic E-state index is -0.0229. The van der Waals surface area contributed by atoms with Gasteiger partial charge in [0.15, 0.2) is 0 Å². The minimum absolute atomic E-state index is 0.0229. The van der Waals surface area contributed by atoms with E-state index in [2.05, 4.69) is 24.5 Å². The van der Waals surface area contributed by atoms with Crippen molar-refractivity contribution in [1.29, 1.82) is 0 Å². The summed E-state index contributed by atoms with van der Waals surface area (Å²) in [5.41, 5.74) is 2.16. The molecule has 0 saturated carbocycles. The quantitative estimate of drug-likeness (QED) is 0.890. The van der Waals surface area contributed by atoms with Crippen LogP contribution in [0.15, 0.2) is 24.4 Å². The number of fused-ring (bicyclic) bond motifs is 1. The lowest BCUT2D eigenvalue weighted by molar-refractivity contribution is -0.121. The number of nitrogens with zero attached hydrogens (tertiary/aromatic N) is 1. The number of carbonyl (C=O) groups excluding carboxylic acids is 1. The third-order valence-electron chi connectivity index (χ3n) is 3.22. The van der Waals surface area contributed by atoms with E-state index in [1.54, 1.807) is 7.05 Å². The van der Waals surface area contributed by atoms with Crippen molar-refractivity contribution >= 4 is 28.4 Å². The van der Waals surface area contributed by atoms with Gasteiger partial charge in [0.25, 0.3) is 0 Å². The summed E-state index contributed by atoms with van der Waals surface area (Å²) in [7, 11) is 1.64. The number of rotatable bonds is 5. The van der Waals surface area contributed by atoms with Crippen molar-refractivity contribution in [3.05, 3.63) is 35.0 Å². The molecular weight excluding hydrogens is 274 g/mol. The SMILES string of the molecule is CNC(=O)Cn1cc(CNC(C)C)c2ccc(Cl)cc21. The Morgan fingerprint density at radius 3 is 2.80 bits per heavy atom. The molecule has 1 aromatic carbocycles. The van der Waals surface area contributed by atoms with Gasteiger partial charge in [-0.3, -0.25) is 4.79 Å². The average Bonchev–Trinajstić information content (AvgIpc) is 2.73. The van der Waals surface area contributed by atoms with E-state index < -0.39 is 0 Å². The molecule has 0 aliphatic carbocycles. The number of carbonyl (C=O) groups is 1. The zero-order valence-electron chi connectivity index (χ0n) is 12.0. The van der Waals surface area contributed by atoms with E-state index in [0.717, 1.165) is 17.4 Å². The van der Waals surface area contributed by atoms with Gasteiger partial charge in [-0.05, 0) is 17.7 Å². The molecule has 0 bridgehead atoms. The number of halogens is 1. The first-order valence-corrected chi connectivity index (χ1v) is 7.10. The van der Waals surface area contributed by atoms with Crippen molar-refractivity contribution in [2.45, 2.75) is 33.0 Å². The van der Waals surface area contributed by atoms with Crippen LogP contribution in [0.4, 0.5) is 0 Å². The Balaban J connectivity index is 2.40. The first-order valence-electron chi connectivity index (χ1n) is 6.72. The average molecular weight is 294 g/mol. The molecule has 2 N–H and O–H groups in total. The molecule has 1 heterocycles. The molecule has 0 radical (unpaired) electrons. The molecule has 0 unspecified atom stereocenters. The number of nitrogens with one attached hydrogen (secondary N) is 2. The molecule has 1 aromatic heterocycles. The van der Waals surface area contributed by atoms with Gasteiger partial charge in [0, 0.05) is 36.2 Å². The predicted octanol–water partition coefficient (Wildman–Crippen LogP) is 2.54. The third kappa shape index (κ3) is 3.32. The Morgan fingerprint density at radius 1 is 1.40 bits per heavy atom. The Morgan fingerprint density at radius 2 is 2.15 bits per heavy atom. The molecule has 0 aliphatic rings. The van der Waals surface area contributed by atoms with E-state index in [-0.39, 0.29) is 5.91 Å². The highest BCUT2D eigenvalue weighted by Gasteiger charge is 2.11. The highest BCUT2D eigenvalue weighted by Crippen LogP contribution is 2.25. The van der Waals surface area contributed by atoms with Crippen molar-refractivity contribution in [2.75, 3.05) is 7.05 Å². The summed E-state index contributed by atoms with van der Waals surface area (Å²) in [4.78, 5) is 11.6. The van der Waals surface area contributed by atoms with E-state index in [1.807, 2.05) is 29.0 Å². The van der Waals surface area contributed by atoms with Crippen LogP contribution in [0.25, 0.3) is 10.9 Å². The van der Waals surface area contributed by atoms with E-state index in [4.69, 9.17) is 11.6 Å². The maximum atomic E-state index is 11.6. The fourth-order valence-corrected chi connectivity index (χ4v) is 2.33.